The van der Waals surface area contributed by atoms with E-state index in [4.69, 9.17) is 4.74 Å². The number of alkyl halides is 2. The summed E-state index contributed by atoms with van der Waals surface area (Å²) in [5.74, 6) is -0.200. The van der Waals surface area contributed by atoms with Gasteiger partial charge in [-0.3, -0.25) is 9.59 Å². The number of carbonyl (C=O) groups excluding carboxylic acids is 2. The first-order valence-electron chi connectivity index (χ1n) is 7.16. The highest BCUT2D eigenvalue weighted by Crippen LogP contribution is 2.29. The Morgan fingerprint density at radius 1 is 1.39 bits per heavy atom. The average molecular weight is 328 g/mol. The molecule has 1 N–H and O–H groups in total. The molecule has 1 aromatic rings. The minimum Gasteiger partial charge on any atom is -0.493 e. The molecule has 0 atom stereocenters. The van der Waals surface area contributed by atoms with Crippen molar-refractivity contribution in [2.45, 2.75) is 26.0 Å². The molecule has 0 aromatic heterocycles. The van der Waals surface area contributed by atoms with Gasteiger partial charge in [-0.25, -0.2) is 0 Å². The lowest BCUT2D eigenvalue weighted by molar-refractivity contribution is -0.133. The Kier molecular flexibility index (Phi) is 5.72. The monoisotopic (exact) mass is 328 g/mol. The van der Waals surface area contributed by atoms with Crippen LogP contribution in [-0.4, -0.2) is 43.5 Å². The number of rotatable bonds is 7. The summed E-state index contributed by atoms with van der Waals surface area (Å²) in [6.45, 7) is -2.11. The first-order chi connectivity index (χ1) is 11.0. The van der Waals surface area contributed by atoms with E-state index in [1.54, 1.807) is 6.07 Å². The molecule has 1 aromatic carbocycles. The standard InChI is InChI=1S/C15H18F2N2O4/c1-22-12-7-10(4-5-11(12)23-15(16)17)8-18-13(20)9-19-6-2-3-14(19)21/h4-5,7,15H,2-3,6,8-9H2,1H3,(H,18,20). The highest BCUT2D eigenvalue weighted by atomic mass is 19.3. The second kappa shape index (κ2) is 7.75. The molecule has 0 radical (unpaired) electrons. The Morgan fingerprint density at radius 2 is 2.17 bits per heavy atom. The minimum absolute atomic E-state index is 0.0182. The van der Waals surface area contributed by atoms with Gasteiger partial charge in [-0.15, -0.1) is 0 Å². The van der Waals surface area contributed by atoms with E-state index >= 15 is 0 Å². The van der Waals surface area contributed by atoms with Gasteiger partial charge >= 0.3 is 6.61 Å². The molecule has 1 heterocycles. The number of amides is 2. The molecular weight excluding hydrogens is 310 g/mol. The Morgan fingerprint density at radius 3 is 2.78 bits per heavy atom. The number of nitrogens with one attached hydrogen (secondary N) is 1. The predicted molar refractivity (Wildman–Crippen MR) is 77.3 cm³/mol. The third-order valence-electron chi connectivity index (χ3n) is 3.44. The summed E-state index contributed by atoms with van der Waals surface area (Å²) < 4.78 is 33.8. The first kappa shape index (κ1) is 17.0. The number of nitrogens with zero attached hydrogens (tertiary/aromatic N) is 1. The zero-order valence-corrected chi connectivity index (χ0v) is 12.7. The highest BCUT2D eigenvalue weighted by Gasteiger charge is 2.22. The van der Waals surface area contributed by atoms with E-state index in [0.29, 0.717) is 18.5 Å². The number of likely N-dealkylation sites (tertiary alicyclic amines) is 1. The largest absolute Gasteiger partial charge is 0.493 e. The van der Waals surface area contributed by atoms with Crippen molar-refractivity contribution in [1.82, 2.24) is 10.2 Å². The van der Waals surface area contributed by atoms with E-state index in [9.17, 15) is 18.4 Å². The summed E-state index contributed by atoms with van der Waals surface area (Å²) in [5.41, 5.74) is 0.671. The van der Waals surface area contributed by atoms with Crippen molar-refractivity contribution in [2.75, 3.05) is 20.2 Å². The van der Waals surface area contributed by atoms with E-state index in [0.717, 1.165) is 6.42 Å². The molecule has 0 aliphatic carbocycles. The van der Waals surface area contributed by atoms with Crippen molar-refractivity contribution < 1.29 is 27.8 Å². The maximum Gasteiger partial charge on any atom is 0.387 e. The fraction of sp³-hybridized carbons (Fsp3) is 0.467. The Labute approximate surface area is 132 Å². The number of ether oxygens (including phenoxy) is 2. The molecule has 2 rings (SSSR count). The highest BCUT2D eigenvalue weighted by molar-refractivity contribution is 5.85. The molecule has 1 saturated heterocycles. The maximum absolute atomic E-state index is 12.2. The summed E-state index contributed by atoms with van der Waals surface area (Å²) in [6.07, 6.45) is 1.25. The van der Waals surface area contributed by atoms with Crippen LogP contribution < -0.4 is 14.8 Å². The van der Waals surface area contributed by atoms with Crippen molar-refractivity contribution in [2.24, 2.45) is 0 Å². The molecule has 1 aliphatic heterocycles. The molecule has 0 saturated carbocycles. The van der Waals surface area contributed by atoms with E-state index in [1.165, 1.54) is 24.1 Å². The van der Waals surface area contributed by atoms with E-state index in [1.807, 2.05) is 0 Å². The van der Waals surface area contributed by atoms with Crippen LogP contribution in [0.1, 0.15) is 18.4 Å². The van der Waals surface area contributed by atoms with Gasteiger partial charge in [0.1, 0.15) is 0 Å². The summed E-state index contributed by atoms with van der Waals surface area (Å²) in [7, 11) is 1.34. The van der Waals surface area contributed by atoms with Crippen LogP contribution in [0.5, 0.6) is 11.5 Å². The molecular formula is C15H18F2N2O4. The normalized spacial score (nSPS) is 14.3. The van der Waals surface area contributed by atoms with Gasteiger partial charge in [0, 0.05) is 19.5 Å². The number of halogens is 2. The summed E-state index contributed by atoms with van der Waals surface area (Å²) >= 11 is 0. The van der Waals surface area contributed by atoms with Gasteiger partial charge in [0.2, 0.25) is 11.8 Å². The summed E-state index contributed by atoms with van der Waals surface area (Å²) in [4.78, 5) is 24.8. The molecule has 23 heavy (non-hydrogen) atoms. The van der Waals surface area contributed by atoms with Crippen molar-refractivity contribution >= 4 is 11.8 Å². The lowest BCUT2D eigenvalue weighted by Gasteiger charge is -2.15. The number of carbonyl (C=O) groups is 2. The third-order valence-corrected chi connectivity index (χ3v) is 3.44. The maximum atomic E-state index is 12.2. The lowest BCUT2D eigenvalue weighted by Crippen LogP contribution is -2.37. The second-order valence-electron chi connectivity index (χ2n) is 5.06. The smallest absolute Gasteiger partial charge is 0.387 e. The van der Waals surface area contributed by atoms with Gasteiger partial charge in [0.25, 0.3) is 0 Å². The van der Waals surface area contributed by atoms with Crippen molar-refractivity contribution in [3.8, 4) is 11.5 Å². The average Bonchev–Trinajstić information content (AvgIpc) is 2.91. The Balaban J connectivity index is 1.89. The molecule has 6 nitrogen and oxygen atoms in total. The van der Waals surface area contributed by atoms with Crippen molar-refractivity contribution in [1.29, 1.82) is 0 Å². The quantitative estimate of drug-likeness (QED) is 0.824. The number of benzene rings is 1. The fourth-order valence-corrected chi connectivity index (χ4v) is 2.32. The van der Waals surface area contributed by atoms with Crippen LogP contribution in [0, 0.1) is 0 Å². The van der Waals surface area contributed by atoms with Crippen molar-refractivity contribution in [3.63, 3.8) is 0 Å². The molecule has 126 valence electrons. The van der Waals surface area contributed by atoms with Gasteiger partial charge in [0.05, 0.1) is 13.7 Å². The van der Waals surface area contributed by atoms with Crippen LogP contribution in [0.25, 0.3) is 0 Å². The molecule has 1 fully saturated rings. The fourth-order valence-electron chi connectivity index (χ4n) is 2.32. The third kappa shape index (κ3) is 4.80. The topological polar surface area (TPSA) is 67.9 Å². The van der Waals surface area contributed by atoms with E-state index < -0.39 is 6.61 Å². The van der Waals surface area contributed by atoms with Crippen molar-refractivity contribution in [3.05, 3.63) is 23.8 Å². The lowest BCUT2D eigenvalue weighted by atomic mass is 10.2. The molecule has 2 amide bonds. The van der Waals surface area contributed by atoms with Crippen LogP contribution in [0.2, 0.25) is 0 Å². The Bertz CT molecular complexity index is 581. The number of methoxy groups -OCH3 is 1. The van der Waals surface area contributed by atoms with Crippen LogP contribution in [-0.2, 0) is 16.1 Å². The van der Waals surface area contributed by atoms with Gasteiger partial charge in [-0.1, -0.05) is 6.07 Å². The second-order valence-corrected chi connectivity index (χ2v) is 5.06. The molecule has 8 heteroatoms. The Hall–Kier alpha value is -2.38. The zero-order valence-electron chi connectivity index (χ0n) is 12.7. The zero-order chi connectivity index (χ0) is 16.8. The van der Waals surface area contributed by atoms with Gasteiger partial charge in [-0.2, -0.15) is 8.78 Å². The van der Waals surface area contributed by atoms with E-state index in [-0.39, 0.29) is 36.4 Å². The molecule has 1 aliphatic rings. The van der Waals surface area contributed by atoms with Crippen LogP contribution in [0.4, 0.5) is 8.78 Å². The summed E-state index contributed by atoms with van der Waals surface area (Å²) in [6, 6.07) is 4.43. The van der Waals surface area contributed by atoms with E-state index in [2.05, 4.69) is 10.1 Å². The van der Waals surface area contributed by atoms with Gasteiger partial charge < -0.3 is 19.7 Å². The van der Waals surface area contributed by atoms with Crippen LogP contribution >= 0.6 is 0 Å². The van der Waals surface area contributed by atoms with Gasteiger partial charge in [-0.05, 0) is 24.1 Å². The summed E-state index contributed by atoms with van der Waals surface area (Å²) in [5, 5.41) is 2.68. The van der Waals surface area contributed by atoms with Crippen LogP contribution in [0.15, 0.2) is 18.2 Å². The first-order valence-corrected chi connectivity index (χ1v) is 7.16. The van der Waals surface area contributed by atoms with Crippen LogP contribution in [0.3, 0.4) is 0 Å². The SMILES string of the molecule is COc1cc(CNC(=O)CN2CCCC2=O)ccc1OC(F)F. The minimum atomic E-state index is -2.94. The molecule has 0 unspecified atom stereocenters. The van der Waals surface area contributed by atoms with Gasteiger partial charge in [0.15, 0.2) is 11.5 Å². The number of hydrogen-bond donors (Lipinski definition) is 1. The predicted octanol–water partition coefficient (Wildman–Crippen LogP) is 1.54. The number of hydrogen-bond acceptors (Lipinski definition) is 4. The molecule has 0 spiro atoms. The molecule has 0 bridgehead atoms.